The number of rotatable bonds is 6. The van der Waals surface area contributed by atoms with Crippen LogP contribution in [0.4, 0.5) is 5.82 Å². The van der Waals surface area contributed by atoms with Crippen molar-refractivity contribution in [1.82, 2.24) is 4.98 Å². The van der Waals surface area contributed by atoms with Crippen molar-refractivity contribution in [2.75, 3.05) is 12.4 Å². The van der Waals surface area contributed by atoms with Gasteiger partial charge < -0.3 is 14.8 Å². The van der Waals surface area contributed by atoms with Gasteiger partial charge in [0.25, 0.3) is 5.91 Å². The van der Waals surface area contributed by atoms with E-state index in [9.17, 15) is 9.59 Å². The number of esters is 1. The molecule has 3 aromatic rings. The average molecular weight is 397 g/mol. The summed E-state index contributed by atoms with van der Waals surface area (Å²) < 4.78 is 10.3. The fourth-order valence-electron chi connectivity index (χ4n) is 2.41. The summed E-state index contributed by atoms with van der Waals surface area (Å²) in [5.41, 5.74) is 1.62. The molecule has 0 atom stereocenters. The number of carbonyl (C=O) groups excluding carboxylic acids is 2. The number of hydrogen-bond acceptors (Lipinski definition) is 5. The minimum atomic E-state index is -0.500. The van der Waals surface area contributed by atoms with Crippen molar-refractivity contribution in [3.63, 3.8) is 0 Å². The molecule has 0 aliphatic heterocycles. The molecule has 2 aromatic carbocycles. The van der Waals surface area contributed by atoms with E-state index in [1.54, 1.807) is 12.1 Å². The van der Waals surface area contributed by atoms with Gasteiger partial charge in [0.1, 0.15) is 18.2 Å². The Kier molecular flexibility index (Phi) is 6.24. The van der Waals surface area contributed by atoms with Gasteiger partial charge in [-0.2, -0.15) is 0 Å². The summed E-state index contributed by atoms with van der Waals surface area (Å²) in [6.07, 6.45) is 1.33. The van der Waals surface area contributed by atoms with Crippen LogP contribution in [0.2, 0.25) is 5.02 Å². The molecular formula is C21H17ClN2O4. The Morgan fingerprint density at radius 3 is 2.50 bits per heavy atom. The van der Waals surface area contributed by atoms with Gasteiger partial charge in [0.05, 0.1) is 12.7 Å². The number of anilines is 1. The smallest absolute Gasteiger partial charge is 0.339 e. The number of benzene rings is 2. The van der Waals surface area contributed by atoms with E-state index in [0.29, 0.717) is 34.3 Å². The Labute approximate surface area is 167 Å². The summed E-state index contributed by atoms with van der Waals surface area (Å²) in [4.78, 5) is 28.0. The van der Waals surface area contributed by atoms with E-state index >= 15 is 0 Å². The summed E-state index contributed by atoms with van der Waals surface area (Å²) in [5.74, 6) is -0.120. The van der Waals surface area contributed by atoms with E-state index in [1.165, 1.54) is 31.5 Å². The molecular weight excluding hydrogens is 380 g/mol. The summed E-state index contributed by atoms with van der Waals surface area (Å²) >= 11 is 6.12. The van der Waals surface area contributed by atoms with Gasteiger partial charge in [0, 0.05) is 16.8 Å². The Morgan fingerprint density at radius 1 is 1.04 bits per heavy atom. The minimum absolute atomic E-state index is 0.292. The molecule has 6 nitrogen and oxygen atoms in total. The van der Waals surface area contributed by atoms with Gasteiger partial charge in [-0.1, -0.05) is 41.9 Å². The molecule has 0 spiro atoms. The van der Waals surface area contributed by atoms with Crippen LogP contribution in [0.3, 0.4) is 0 Å². The van der Waals surface area contributed by atoms with Gasteiger partial charge in [-0.3, -0.25) is 4.79 Å². The molecule has 1 aromatic heterocycles. The van der Waals surface area contributed by atoms with Crippen molar-refractivity contribution in [3.8, 4) is 5.75 Å². The number of pyridine rings is 1. The monoisotopic (exact) mass is 396 g/mol. The molecule has 0 saturated carbocycles. The van der Waals surface area contributed by atoms with E-state index < -0.39 is 11.9 Å². The Hall–Kier alpha value is -3.38. The molecule has 28 heavy (non-hydrogen) atoms. The number of amides is 1. The van der Waals surface area contributed by atoms with Crippen molar-refractivity contribution in [3.05, 3.63) is 88.6 Å². The second kappa shape index (κ2) is 9.01. The highest BCUT2D eigenvalue weighted by molar-refractivity contribution is 6.31. The van der Waals surface area contributed by atoms with Crippen LogP contribution in [0.1, 0.15) is 26.3 Å². The van der Waals surface area contributed by atoms with Gasteiger partial charge >= 0.3 is 5.97 Å². The third kappa shape index (κ3) is 5.08. The molecule has 7 heteroatoms. The fraction of sp³-hybridized carbons (Fsp3) is 0.0952. The first-order valence-electron chi connectivity index (χ1n) is 8.38. The van der Waals surface area contributed by atoms with Crippen LogP contribution in [-0.2, 0) is 11.3 Å². The first kappa shape index (κ1) is 19.4. The zero-order valence-electron chi connectivity index (χ0n) is 15.0. The molecule has 0 aliphatic rings. The Bertz CT molecular complexity index is 975. The lowest BCUT2D eigenvalue weighted by molar-refractivity contribution is 0.0600. The summed E-state index contributed by atoms with van der Waals surface area (Å²) in [6, 6.07) is 17.5. The lowest BCUT2D eigenvalue weighted by Crippen LogP contribution is -2.13. The largest absolute Gasteiger partial charge is 0.489 e. The molecule has 1 amide bonds. The SMILES string of the molecule is COC(=O)c1ccc(NC(=O)c2cc(Cl)cc(OCc3ccccc3)c2)nc1. The van der Waals surface area contributed by atoms with Crippen LogP contribution in [0.5, 0.6) is 5.75 Å². The molecule has 1 N–H and O–H groups in total. The standard InChI is InChI=1S/C21H17ClN2O4/c1-27-21(26)15-7-8-19(23-12-15)24-20(25)16-9-17(22)11-18(10-16)28-13-14-5-3-2-4-6-14/h2-12H,13H2,1H3,(H,23,24,25). The number of nitrogens with one attached hydrogen (secondary N) is 1. The van der Waals surface area contributed by atoms with E-state index in [4.69, 9.17) is 16.3 Å². The Balaban J connectivity index is 1.69. The lowest BCUT2D eigenvalue weighted by Gasteiger charge is -2.10. The van der Waals surface area contributed by atoms with E-state index in [-0.39, 0.29) is 0 Å². The molecule has 142 valence electrons. The third-order valence-corrected chi connectivity index (χ3v) is 4.03. The highest BCUT2D eigenvalue weighted by atomic mass is 35.5. The second-order valence-corrected chi connectivity index (χ2v) is 6.26. The van der Waals surface area contributed by atoms with Crippen LogP contribution >= 0.6 is 11.6 Å². The lowest BCUT2D eigenvalue weighted by atomic mass is 10.2. The second-order valence-electron chi connectivity index (χ2n) is 5.83. The number of aromatic nitrogens is 1. The van der Waals surface area contributed by atoms with Crippen LogP contribution in [0.15, 0.2) is 66.9 Å². The summed E-state index contributed by atoms with van der Waals surface area (Å²) in [6.45, 7) is 0.360. The van der Waals surface area contributed by atoms with Crippen molar-refractivity contribution >= 4 is 29.3 Å². The number of nitrogens with zero attached hydrogens (tertiary/aromatic N) is 1. The molecule has 0 aliphatic carbocycles. The molecule has 3 rings (SSSR count). The molecule has 0 bridgehead atoms. The normalized spacial score (nSPS) is 10.2. The van der Waals surface area contributed by atoms with Crippen LogP contribution < -0.4 is 10.1 Å². The number of methoxy groups -OCH3 is 1. The molecule has 0 radical (unpaired) electrons. The number of ether oxygens (including phenoxy) is 2. The third-order valence-electron chi connectivity index (χ3n) is 3.81. The van der Waals surface area contributed by atoms with Gasteiger partial charge in [-0.15, -0.1) is 0 Å². The van der Waals surface area contributed by atoms with Crippen molar-refractivity contribution < 1.29 is 19.1 Å². The minimum Gasteiger partial charge on any atom is -0.489 e. The number of hydrogen-bond donors (Lipinski definition) is 1. The van der Waals surface area contributed by atoms with E-state index in [1.807, 2.05) is 30.3 Å². The quantitative estimate of drug-likeness (QED) is 0.626. The van der Waals surface area contributed by atoms with E-state index in [2.05, 4.69) is 15.0 Å². The number of carbonyl (C=O) groups is 2. The van der Waals surface area contributed by atoms with Gasteiger partial charge in [0.2, 0.25) is 0 Å². The maximum atomic E-state index is 12.5. The summed E-state index contributed by atoms with van der Waals surface area (Å²) in [5, 5.41) is 3.03. The predicted molar refractivity (Wildman–Crippen MR) is 106 cm³/mol. The maximum Gasteiger partial charge on any atom is 0.339 e. The molecule has 1 heterocycles. The molecule has 0 unspecified atom stereocenters. The van der Waals surface area contributed by atoms with Crippen LogP contribution in [0.25, 0.3) is 0 Å². The predicted octanol–water partition coefficient (Wildman–Crippen LogP) is 4.35. The van der Waals surface area contributed by atoms with Gasteiger partial charge in [-0.05, 0) is 35.9 Å². The first-order chi connectivity index (χ1) is 13.5. The first-order valence-corrected chi connectivity index (χ1v) is 8.76. The van der Waals surface area contributed by atoms with Crippen LogP contribution in [-0.4, -0.2) is 24.0 Å². The highest BCUT2D eigenvalue weighted by Gasteiger charge is 2.12. The topological polar surface area (TPSA) is 77.5 Å². The van der Waals surface area contributed by atoms with Gasteiger partial charge in [-0.25, -0.2) is 9.78 Å². The van der Waals surface area contributed by atoms with Gasteiger partial charge in [0.15, 0.2) is 0 Å². The number of halogens is 1. The van der Waals surface area contributed by atoms with Crippen molar-refractivity contribution in [2.24, 2.45) is 0 Å². The van der Waals surface area contributed by atoms with Crippen LogP contribution in [0, 0.1) is 0 Å². The molecule has 0 fully saturated rings. The Morgan fingerprint density at radius 2 is 1.82 bits per heavy atom. The zero-order valence-corrected chi connectivity index (χ0v) is 15.8. The summed E-state index contributed by atoms with van der Waals surface area (Å²) in [7, 11) is 1.29. The maximum absolute atomic E-state index is 12.5. The van der Waals surface area contributed by atoms with Crippen molar-refractivity contribution in [1.29, 1.82) is 0 Å². The highest BCUT2D eigenvalue weighted by Crippen LogP contribution is 2.23. The fourth-order valence-corrected chi connectivity index (χ4v) is 2.64. The van der Waals surface area contributed by atoms with E-state index in [0.717, 1.165) is 5.56 Å². The van der Waals surface area contributed by atoms with Crippen molar-refractivity contribution in [2.45, 2.75) is 6.61 Å². The average Bonchev–Trinajstić information content (AvgIpc) is 2.72. The zero-order chi connectivity index (χ0) is 19.9. The molecule has 0 saturated heterocycles.